The number of aromatic amines is 1. The molecule has 1 aromatic carbocycles. The number of hydrogen-bond donors (Lipinski definition) is 3. The van der Waals surface area contributed by atoms with Crippen molar-refractivity contribution in [3.8, 4) is 5.75 Å². The number of sulfonamides is 1. The van der Waals surface area contributed by atoms with E-state index in [0.717, 1.165) is 12.3 Å². The number of benzene rings is 1. The second-order valence-electron chi connectivity index (χ2n) is 3.98. The van der Waals surface area contributed by atoms with E-state index in [0.29, 0.717) is 5.56 Å². The molecule has 0 aliphatic rings. The number of aromatic nitrogens is 1. The first kappa shape index (κ1) is 13.2. The predicted octanol–water partition coefficient (Wildman–Crippen LogP) is 1.19. The number of aryl methyl sites for hydroxylation is 1. The van der Waals surface area contributed by atoms with Gasteiger partial charge in [-0.15, -0.1) is 0 Å². The number of H-pyrrole nitrogens is 1. The van der Waals surface area contributed by atoms with Crippen LogP contribution >= 0.6 is 0 Å². The predicted molar refractivity (Wildman–Crippen MR) is 70.7 cm³/mol. The van der Waals surface area contributed by atoms with E-state index in [-0.39, 0.29) is 16.3 Å². The molecule has 0 atom stereocenters. The van der Waals surface area contributed by atoms with Crippen LogP contribution in [0.1, 0.15) is 5.56 Å². The molecule has 2 rings (SSSR count). The smallest absolute Gasteiger partial charge is 0.267 e. The molecule has 19 heavy (non-hydrogen) atoms. The summed E-state index contributed by atoms with van der Waals surface area (Å²) in [6.07, 6.45) is 2.46. The quantitative estimate of drug-likeness (QED) is 0.786. The van der Waals surface area contributed by atoms with Crippen molar-refractivity contribution in [1.82, 2.24) is 4.98 Å². The molecule has 0 amide bonds. The van der Waals surface area contributed by atoms with E-state index in [4.69, 9.17) is 0 Å². The standard InChI is InChI=1S/C12H12N2O4S/c1-8-2-3-9(6-11(8)16)14-19(17,18)12-7-13-5-4-10(12)15/h2-7,14,16H,1H3,(H,13,15). The van der Waals surface area contributed by atoms with Gasteiger partial charge in [0.15, 0.2) is 4.90 Å². The number of rotatable bonds is 3. The van der Waals surface area contributed by atoms with Crippen LogP contribution < -0.4 is 10.2 Å². The average molecular weight is 280 g/mol. The Balaban J connectivity index is 2.40. The average Bonchev–Trinajstić information content (AvgIpc) is 2.34. The Morgan fingerprint density at radius 1 is 1.26 bits per heavy atom. The number of nitrogens with one attached hydrogen (secondary N) is 2. The highest BCUT2D eigenvalue weighted by Gasteiger charge is 2.17. The second kappa shape index (κ2) is 4.77. The molecule has 3 N–H and O–H groups in total. The van der Waals surface area contributed by atoms with Crippen molar-refractivity contribution in [3.63, 3.8) is 0 Å². The highest BCUT2D eigenvalue weighted by molar-refractivity contribution is 7.92. The zero-order chi connectivity index (χ0) is 14.0. The van der Waals surface area contributed by atoms with Gasteiger partial charge in [0.05, 0.1) is 5.69 Å². The number of anilines is 1. The van der Waals surface area contributed by atoms with Crippen molar-refractivity contribution < 1.29 is 13.5 Å². The Morgan fingerprint density at radius 3 is 2.63 bits per heavy atom. The van der Waals surface area contributed by atoms with Crippen molar-refractivity contribution in [2.75, 3.05) is 4.72 Å². The molecule has 0 aliphatic heterocycles. The summed E-state index contributed by atoms with van der Waals surface area (Å²) in [7, 11) is -3.98. The lowest BCUT2D eigenvalue weighted by Gasteiger charge is -2.08. The molecule has 0 saturated carbocycles. The van der Waals surface area contributed by atoms with E-state index in [1.807, 2.05) is 0 Å². The molecule has 0 unspecified atom stereocenters. The van der Waals surface area contributed by atoms with Crippen LogP contribution in [-0.2, 0) is 10.0 Å². The van der Waals surface area contributed by atoms with Gasteiger partial charge in [-0.2, -0.15) is 0 Å². The maximum Gasteiger partial charge on any atom is 0.267 e. The monoisotopic (exact) mass is 280 g/mol. The van der Waals surface area contributed by atoms with E-state index in [9.17, 15) is 18.3 Å². The summed E-state index contributed by atoms with van der Waals surface area (Å²) in [5.74, 6) is -0.0258. The van der Waals surface area contributed by atoms with Crippen molar-refractivity contribution in [2.45, 2.75) is 11.8 Å². The number of aromatic hydroxyl groups is 1. The van der Waals surface area contributed by atoms with E-state index in [2.05, 4.69) is 9.71 Å². The van der Waals surface area contributed by atoms with Crippen molar-refractivity contribution >= 4 is 15.7 Å². The molecule has 0 radical (unpaired) electrons. The van der Waals surface area contributed by atoms with E-state index in [1.165, 1.54) is 18.3 Å². The summed E-state index contributed by atoms with van der Waals surface area (Å²) < 4.78 is 26.2. The first-order valence-electron chi connectivity index (χ1n) is 5.40. The molecule has 2 aromatic rings. The molecule has 7 heteroatoms. The van der Waals surface area contributed by atoms with Gasteiger partial charge in [0.1, 0.15) is 5.75 Å². The van der Waals surface area contributed by atoms with Crippen LogP contribution in [0, 0.1) is 6.92 Å². The molecule has 0 aliphatic carbocycles. The Morgan fingerprint density at radius 2 is 2.00 bits per heavy atom. The van der Waals surface area contributed by atoms with E-state index in [1.54, 1.807) is 13.0 Å². The summed E-state index contributed by atoms with van der Waals surface area (Å²) in [6.45, 7) is 1.69. The van der Waals surface area contributed by atoms with Crippen molar-refractivity contribution in [3.05, 3.63) is 52.4 Å². The van der Waals surface area contributed by atoms with Gasteiger partial charge in [0.25, 0.3) is 10.0 Å². The maximum absolute atomic E-state index is 12.0. The van der Waals surface area contributed by atoms with Gasteiger partial charge in [0.2, 0.25) is 5.43 Å². The molecule has 100 valence electrons. The fraction of sp³-hybridized carbons (Fsp3) is 0.0833. The number of hydrogen-bond acceptors (Lipinski definition) is 4. The molecule has 6 nitrogen and oxygen atoms in total. The van der Waals surface area contributed by atoms with Gasteiger partial charge in [-0.1, -0.05) is 6.07 Å². The number of pyridine rings is 1. The van der Waals surface area contributed by atoms with Crippen LogP contribution in [0.25, 0.3) is 0 Å². The van der Waals surface area contributed by atoms with Crippen molar-refractivity contribution in [1.29, 1.82) is 0 Å². The third-order valence-electron chi connectivity index (χ3n) is 2.54. The molecule has 1 heterocycles. The van der Waals surface area contributed by atoms with Crippen LogP contribution in [-0.4, -0.2) is 18.5 Å². The normalized spacial score (nSPS) is 11.2. The Bertz CT molecular complexity index is 765. The minimum atomic E-state index is -3.98. The summed E-state index contributed by atoms with van der Waals surface area (Å²) in [6, 6.07) is 5.48. The molecule has 0 bridgehead atoms. The minimum absolute atomic E-state index is 0.0258. The lowest BCUT2D eigenvalue weighted by Crippen LogP contribution is -2.20. The van der Waals surface area contributed by atoms with Gasteiger partial charge >= 0.3 is 0 Å². The van der Waals surface area contributed by atoms with E-state index < -0.39 is 15.5 Å². The van der Waals surface area contributed by atoms with Crippen molar-refractivity contribution in [2.24, 2.45) is 0 Å². The first-order valence-corrected chi connectivity index (χ1v) is 6.88. The molecule has 0 saturated heterocycles. The summed E-state index contributed by atoms with van der Waals surface area (Å²) >= 11 is 0. The zero-order valence-corrected chi connectivity index (χ0v) is 10.9. The van der Waals surface area contributed by atoms with Gasteiger partial charge in [-0.25, -0.2) is 8.42 Å². The molecular weight excluding hydrogens is 268 g/mol. The fourth-order valence-corrected chi connectivity index (χ4v) is 2.60. The zero-order valence-electron chi connectivity index (χ0n) is 10.0. The Labute approximate surface area is 109 Å². The minimum Gasteiger partial charge on any atom is -0.508 e. The summed E-state index contributed by atoms with van der Waals surface area (Å²) in [4.78, 5) is 13.7. The Hall–Kier alpha value is -2.28. The maximum atomic E-state index is 12.0. The lowest BCUT2D eigenvalue weighted by molar-refractivity contribution is 0.471. The summed E-state index contributed by atoms with van der Waals surface area (Å²) in [5.41, 5.74) is 0.203. The van der Waals surface area contributed by atoms with Gasteiger partial charge < -0.3 is 10.1 Å². The third kappa shape index (κ3) is 2.76. The fourth-order valence-electron chi connectivity index (χ4n) is 1.49. The third-order valence-corrected chi connectivity index (χ3v) is 3.94. The molecule has 0 spiro atoms. The lowest BCUT2D eigenvalue weighted by atomic mass is 10.2. The molecule has 0 fully saturated rings. The summed E-state index contributed by atoms with van der Waals surface area (Å²) in [5, 5.41) is 9.52. The van der Waals surface area contributed by atoms with Crippen LogP contribution in [0.3, 0.4) is 0 Å². The molecular formula is C12H12N2O4S. The number of phenolic OH excluding ortho intramolecular Hbond substituents is 1. The van der Waals surface area contributed by atoms with Gasteiger partial charge in [-0.3, -0.25) is 9.52 Å². The second-order valence-corrected chi connectivity index (χ2v) is 5.63. The van der Waals surface area contributed by atoms with Crippen LogP contribution in [0.2, 0.25) is 0 Å². The Kier molecular flexibility index (Phi) is 3.30. The van der Waals surface area contributed by atoms with Gasteiger partial charge in [0, 0.05) is 24.5 Å². The molecule has 1 aromatic heterocycles. The van der Waals surface area contributed by atoms with Crippen LogP contribution in [0.4, 0.5) is 5.69 Å². The topological polar surface area (TPSA) is 99.3 Å². The highest BCUT2D eigenvalue weighted by Crippen LogP contribution is 2.22. The largest absolute Gasteiger partial charge is 0.508 e. The van der Waals surface area contributed by atoms with Gasteiger partial charge in [-0.05, 0) is 18.6 Å². The van der Waals surface area contributed by atoms with Crippen LogP contribution in [0.15, 0.2) is 46.3 Å². The van der Waals surface area contributed by atoms with Crippen LogP contribution in [0.5, 0.6) is 5.75 Å². The SMILES string of the molecule is Cc1ccc(NS(=O)(=O)c2c[nH]ccc2=O)cc1O. The first-order chi connectivity index (χ1) is 8.90. The number of phenols is 1. The highest BCUT2D eigenvalue weighted by atomic mass is 32.2. The van der Waals surface area contributed by atoms with E-state index >= 15 is 0 Å².